The molecular weight excluding hydrogens is 200 g/mol. The molecule has 0 saturated heterocycles. The Morgan fingerprint density at radius 2 is 2.06 bits per heavy atom. The van der Waals surface area contributed by atoms with E-state index in [2.05, 4.69) is 13.8 Å². The quantitative estimate of drug-likeness (QED) is 0.751. The fourth-order valence-electron chi connectivity index (χ4n) is 2.33. The first kappa shape index (κ1) is 13.5. The van der Waals surface area contributed by atoms with Gasteiger partial charge in [0.05, 0.1) is 5.92 Å². The van der Waals surface area contributed by atoms with Crippen molar-refractivity contribution in [1.82, 2.24) is 4.90 Å². The van der Waals surface area contributed by atoms with E-state index in [0.29, 0.717) is 12.5 Å². The van der Waals surface area contributed by atoms with Gasteiger partial charge >= 0.3 is 0 Å². The predicted molar refractivity (Wildman–Crippen MR) is 67.0 cm³/mol. The van der Waals surface area contributed by atoms with Crippen molar-refractivity contribution in [3.63, 3.8) is 0 Å². The lowest BCUT2D eigenvalue weighted by Gasteiger charge is -2.32. The van der Waals surface area contributed by atoms with Gasteiger partial charge in [0.25, 0.3) is 0 Å². The molecule has 0 spiro atoms. The minimum absolute atomic E-state index is 0.0186. The largest absolute Gasteiger partial charge is 0.345 e. The number of nitrogens with two attached hydrogens (primary N) is 1. The Morgan fingerprint density at radius 1 is 1.44 bits per heavy atom. The van der Waals surface area contributed by atoms with Gasteiger partial charge < -0.3 is 10.6 Å². The Morgan fingerprint density at radius 3 is 2.44 bits per heavy atom. The Labute approximate surface area is 99.4 Å². The van der Waals surface area contributed by atoms with E-state index >= 15 is 0 Å². The van der Waals surface area contributed by atoms with Crippen LogP contribution in [0.2, 0.25) is 0 Å². The second-order valence-corrected chi connectivity index (χ2v) is 5.58. The van der Waals surface area contributed by atoms with Gasteiger partial charge in [-0.2, -0.15) is 0 Å². The zero-order valence-electron chi connectivity index (χ0n) is 10.9. The molecule has 1 atom stereocenters. The molecule has 3 heteroatoms. The van der Waals surface area contributed by atoms with E-state index in [0.717, 1.165) is 18.9 Å². The van der Waals surface area contributed by atoms with Crippen molar-refractivity contribution in [2.45, 2.75) is 39.5 Å². The summed E-state index contributed by atoms with van der Waals surface area (Å²) in [6.45, 7) is 5.68. The summed E-state index contributed by atoms with van der Waals surface area (Å²) >= 11 is 0. The summed E-state index contributed by atoms with van der Waals surface area (Å²) in [6.07, 6.45) is 4.81. The van der Waals surface area contributed by atoms with Gasteiger partial charge in [-0.25, -0.2) is 0 Å². The Bertz CT molecular complexity index is 224. The summed E-state index contributed by atoms with van der Waals surface area (Å²) in [5.41, 5.74) is 5.69. The molecule has 1 aliphatic rings. The Kier molecular flexibility index (Phi) is 5.26. The van der Waals surface area contributed by atoms with Gasteiger partial charge in [0, 0.05) is 20.1 Å². The maximum atomic E-state index is 12.1. The summed E-state index contributed by atoms with van der Waals surface area (Å²) < 4.78 is 0. The van der Waals surface area contributed by atoms with Gasteiger partial charge in [0.15, 0.2) is 0 Å². The molecule has 1 unspecified atom stereocenters. The molecule has 0 aliphatic heterocycles. The van der Waals surface area contributed by atoms with Crippen molar-refractivity contribution < 1.29 is 4.79 Å². The fourth-order valence-corrected chi connectivity index (χ4v) is 2.33. The van der Waals surface area contributed by atoms with Crippen LogP contribution < -0.4 is 5.73 Å². The number of carbonyl (C=O) groups excluding carboxylic acids is 1. The second-order valence-electron chi connectivity index (χ2n) is 5.58. The average molecular weight is 226 g/mol. The van der Waals surface area contributed by atoms with E-state index in [9.17, 15) is 4.79 Å². The lowest BCUT2D eigenvalue weighted by atomic mass is 9.85. The van der Waals surface area contributed by atoms with Crippen LogP contribution in [-0.2, 0) is 4.79 Å². The number of hydrogen-bond acceptors (Lipinski definition) is 2. The molecule has 0 aromatic heterocycles. The van der Waals surface area contributed by atoms with Crippen molar-refractivity contribution in [1.29, 1.82) is 0 Å². The molecule has 0 heterocycles. The minimum Gasteiger partial charge on any atom is -0.345 e. The van der Waals surface area contributed by atoms with Gasteiger partial charge in [0.1, 0.15) is 0 Å². The molecule has 0 aromatic rings. The third kappa shape index (κ3) is 3.78. The summed E-state index contributed by atoms with van der Waals surface area (Å²) in [5, 5.41) is 0. The number of carbonyl (C=O) groups is 1. The molecule has 0 aromatic carbocycles. The minimum atomic E-state index is 0.0186. The summed E-state index contributed by atoms with van der Waals surface area (Å²) in [4.78, 5) is 14.0. The first-order valence-electron chi connectivity index (χ1n) is 6.49. The third-order valence-corrected chi connectivity index (χ3v) is 3.52. The molecule has 1 rings (SSSR count). The maximum Gasteiger partial charge on any atom is 0.226 e. The summed E-state index contributed by atoms with van der Waals surface area (Å²) in [5.74, 6) is 1.54. The highest BCUT2D eigenvalue weighted by atomic mass is 16.2. The Balaban J connectivity index is 2.39. The van der Waals surface area contributed by atoms with Crippen LogP contribution in [0.1, 0.15) is 39.5 Å². The van der Waals surface area contributed by atoms with Crippen molar-refractivity contribution in [2.24, 2.45) is 23.5 Å². The van der Waals surface area contributed by atoms with E-state index in [4.69, 9.17) is 5.73 Å². The van der Waals surface area contributed by atoms with E-state index < -0.39 is 0 Å². The summed E-state index contributed by atoms with van der Waals surface area (Å²) in [7, 11) is 1.92. The SMILES string of the molecule is CC(C)CC(CN)C(=O)N(C)CC1CCC1. The molecular formula is C13H26N2O. The molecule has 1 fully saturated rings. The van der Waals surface area contributed by atoms with Crippen molar-refractivity contribution in [3.8, 4) is 0 Å². The topological polar surface area (TPSA) is 46.3 Å². The number of hydrogen-bond donors (Lipinski definition) is 1. The lowest BCUT2D eigenvalue weighted by Crippen LogP contribution is -2.40. The van der Waals surface area contributed by atoms with Gasteiger partial charge in [0.2, 0.25) is 5.91 Å². The molecule has 1 amide bonds. The monoisotopic (exact) mass is 226 g/mol. The standard InChI is InChI=1S/C13H26N2O/c1-10(2)7-12(8-14)13(16)15(3)9-11-5-4-6-11/h10-12H,4-9,14H2,1-3H3. The Hall–Kier alpha value is -0.570. The first-order chi connectivity index (χ1) is 7.54. The fraction of sp³-hybridized carbons (Fsp3) is 0.923. The highest BCUT2D eigenvalue weighted by molar-refractivity contribution is 5.78. The van der Waals surface area contributed by atoms with Crippen LogP contribution in [0.5, 0.6) is 0 Å². The van der Waals surface area contributed by atoms with Crippen LogP contribution in [0.15, 0.2) is 0 Å². The lowest BCUT2D eigenvalue weighted by molar-refractivity contribution is -0.135. The van der Waals surface area contributed by atoms with Crippen LogP contribution in [0.4, 0.5) is 0 Å². The molecule has 3 nitrogen and oxygen atoms in total. The molecule has 94 valence electrons. The maximum absolute atomic E-state index is 12.1. The number of rotatable bonds is 6. The molecule has 1 aliphatic carbocycles. The van der Waals surface area contributed by atoms with Crippen LogP contribution in [0.3, 0.4) is 0 Å². The molecule has 16 heavy (non-hydrogen) atoms. The molecule has 1 saturated carbocycles. The van der Waals surface area contributed by atoms with Crippen LogP contribution in [0.25, 0.3) is 0 Å². The van der Waals surface area contributed by atoms with E-state index in [1.165, 1.54) is 19.3 Å². The molecule has 0 radical (unpaired) electrons. The highest BCUT2D eigenvalue weighted by Crippen LogP contribution is 2.27. The smallest absolute Gasteiger partial charge is 0.226 e. The zero-order chi connectivity index (χ0) is 12.1. The van der Waals surface area contributed by atoms with Crippen LogP contribution in [-0.4, -0.2) is 30.9 Å². The normalized spacial score (nSPS) is 18.3. The van der Waals surface area contributed by atoms with Gasteiger partial charge in [-0.1, -0.05) is 20.3 Å². The van der Waals surface area contributed by atoms with Crippen LogP contribution in [0, 0.1) is 17.8 Å². The third-order valence-electron chi connectivity index (χ3n) is 3.52. The number of nitrogens with zero attached hydrogens (tertiary/aromatic N) is 1. The molecule has 2 N–H and O–H groups in total. The van der Waals surface area contributed by atoms with Crippen molar-refractivity contribution in [2.75, 3.05) is 20.1 Å². The van der Waals surface area contributed by atoms with E-state index in [-0.39, 0.29) is 11.8 Å². The zero-order valence-corrected chi connectivity index (χ0v) is 10.9. The van der Waals surface area contributed by atoms with Crippen molar-refractivity contribution in [3.05, 3.63) is 0 Å². The van der Waals surface area contributed by atoms with Gasteiger partial charge in [-0.05, 0) is 31.1 Å². The van der Waals surface area contributed by atoms with Gasteiger partial charge in [-0.3, -0.25) is 4.79 Å². The van der Waals surface area contributed by atoms with Crippen LogP contribution >= 0.6 is 0 Å². The highest BCUT2D eigenvalue weighted by Gasteiger charge is 2.25. The van der Waals surface area contributed by atoms with E-state index in [1.54, 1.807) is 0 Å². The second kappa shape index (κ2) is 6.24. The molecule has 0 bridgehead atoms. The predicted octanol–water partition coefficient (Wildman–Crippen LogP) is 1.87. The van der Waals surface area contributed by atoms with E-state index in [1.807, 2.05) is 11.9 Å². The first-order valence-corrected chi connectivity index (χ1v) is 6.49. The average Bonchev–Trinajstić information content (AvgIpc) is 2.18. The summed E-state index contributed by atoms with van der Waals surface area (Å²) in [6, 6.07) is 0. The van der Waals surface area contributed by atoms with Crippen molar-refractivity contribution >= 4 is 5.91 Å². The number of amides is 1. The van der Waals surface area contributed by atoms with Gasteiger partial charge in [-0.15, -0.1) is 0 Å².